The van der Waals surface area contributed by atoms with Crippen LogP contribution in [0.5, 0.6) is 0 Å². The number of rotatable bonds is 2. The molecule has 2 rings (SSSR count). The largest absolute Gasteiger partial charge is 0.378 e. The van der Waals surface area contributed by atoms with Gasteiger partial charge < -0.3 is 10.1 Å². The molecule has 2 aliphatic rings. The van der Waals surface area contributed by atoms with E-state index in [1.54, 1.807) is 0 Å². The van der Waals surface area contributed by atoms with E-state index in [4.69, 9.17) is 4.74 Å². The average molecular weight is 159 g/mol. The third-order valence-corrected chi connectivity index (χ3v) is 2.52. The van der Waals surface area contributed by atoms with Crippen molar-refractivity contribution in [2.75, 3.05) is 13.2 Å². The molecule has 0 bridgehead atoms. The van der Waals surface area contributed by atoms with Crippen molar-refractivity contribution in [3.63, 3.8) is 0 Å². The third-order valence-electron chi connectivity index (χ3n) is 2.52. The molecule has 0 spiro atoms. The summed E-state index contributed by atoms with van der Waals surface area (Å²) >= 11 is 0. The number of hydrogen-bond donors (Lipinski definition) is 1. The highest BCUT2D eigenvalue weighted by molar-refractivity contribution is 4.87. The normalized spacial score (nSPS) is 39.0. The van der Waals surface area contributed by atoms with Crippen LogP contribution in [0, 0.1) is 0 Å². The first-order valence-corrected chi connectivity index (χ1v) is 4.34. The molecule has 2 fully saturated rings. The van der Waals surface area contributed by atoms with Crippen molar-refractivity contribution >= 4 is 0 Å². The Morgan fingerprint density at radius 2 is 2.09 bits per heavy atom. The Hall–Kier alpha value is -0.150. The second-order valence-electron chi connectivity index (χ2n) is 3.45. The summed E-state index contributed by atoms with van der Waals surface area (Å²) in [7, 11) is 0. The fourth-order valence-corrected chi connectivity index (χ4v) is 1.74. The maximum atomic E-state index is 13.0. The van der Waals surface area contributed by atoms with E-state index >= 15 is 0 Å². The average Bonchev–Trinajstić information content (AvgIpc) is 2.27. The van der Waals surface area contributed by atoms with Crippen LogP contribution in [0.3, 0.4) is 0 Å². The van der Waals surface area contributed by atoms with Gasteiger partial charge in [0.05, 0.1) is 19.3 Å². The van der Waals surface area contributed by atoms with Gasteiger partial charge in [-0.2, -0.15) is 0 Å². The molecule has 1 saturated heterocycles. The monoisotopic (exact) mass is 159 g/mol. The van der Waals surface area contributed by atoms with Crippen LogP contribution < -0.4 is 5.32 Å². The summed E-state index contributed by atoms with van der Waals surface area (Å²) in [5.41, 5.74) is 0. The van der Waals surface area contributed by atoms with Gasteiger partial charge in [0.2, 0.25) is 0 Å². The molecule has 0 unspecified atom stereocenters. The zero-order valence-corrected chi connectivity index (χ0v) is 6.55. The first-order valence-electron chi connectivity index (χ1n) is 4.34. The Morgan fingerprint density at radius 1 is 1.27 bits per heavy atom. The lowest BCUT2D eigenvalue weighted by Crippen LogP contribution is -2.51. The number of ether oxygens (including phenoxy) is 1. The van der Waals surface area contributed by atoms with E-state index in [1.165, 1.54) is 0 Å². The summed E-state index contributed by atoms with van der Waals surface area (Å²) in [6.07, 6.45) is 2.16. The molecule has 0 amide bonds. The molecule has 2 nitrogen and oxygen atoms in total. The van der Waals surface area contributed by atoms with Crippen molar-refractivity contribution in [1.82, 2.24) is 5.32 Å². The topological polar surface area (TPSA) is 21.3 Å². The van der Waals surface area contributed by atoms with E-state index in [9.17, 15) is 4.39 Å². The van der Waals surface area contributed by atoms with E-state index in [-0.39, 0.29) is 6.04 Å². The summed E-state index contributed by atoms with van der Waals surface area (Å²) in [5.74, 6) is 0. The molecule has 0 aromatic rings. The molecule has 2 atom stereocenters. The lowest BCUT2D eigenvalue weighted by molar-refractivity contribution is -0.0129. The Labute approximate surface area is 66.1 Å². The van der Waals surface area contributed by atoms with Gasteiger partial charge in [-0.1, -0.05) is 0 Å². The molecular formula is C8H14FNO. The third kappa shape index (κ3) is 1.54. The SMILES string of the molecule is F[C@@H]1CCC[C@@H]1NC1COC1. The van der Waals surface area contributed by atoms with Crippen LogP contribution in [0.4, 0.5) is 4.39 Å². The molecule has 0 aromatic carbocycles. The summed E-state index contributed by atoms with van der Waals surface area (Å²) in [4.78, 5) is 0. The van der Waals surface area contributed by atoms with Crippen LogP contribution in [0.25, 0.3) is 0 Å². The minimum atomic E-state index is -0.615. The van der Waals surface area contributed by atoms with Crippen molar-refractivity contribution in [3.05, 3.63) is 0 Å². The maximum Gasteiger partial charge on any atom is 0.115 e. The Morgan fingerprint density at radius 3 is 2.55 bits per heavy atom. The zero-order valence-electron chi connectivity index (χ0n) is 6.55. The smallest absolute Gasteiger partial charge is 0.115 e. The van der Waals surface area contributed by atoms with Gasteiger partial charge in [0.1, 0.15) is 6.17 Å². The van der Waals surface area contributed by atoms with Gasteiger partial charge >= 0.3 is 0 Å². The van der Waals surface area contributed by atoms with Crippen LogP contribution in [0.1, 0.15) is 19.3 Å². The summed E-state index contributed by atoms with van der Waals surface area (Å²) in [6, 6.07) is 0.542. The summed E-state index contributed by atoms with van der Waals surface area (Å²) in [5, 5.41) is 3.27. The predicted octanol–water partition coefficient (Wildman–Crippen LogP) is 0.865. The van der Waals surface area contributed by atoms with Crippen LogP contribution in [0.15, 0.2) is 0 Å². The fraction of sp³-hybridized carbons (Fsp3) is 1.00. The fourth-order valence-electron chi connectivity index (χ4n) is 1.74. The first kappa shape index (κ1) is 7.50. The van der Waals surface area contributed by atoms with Gasteiger partial charge in [-0.15, -0.1) is 0 Å². The van der Waals surface area contributed by atoms with Crippen molar-refractivity contribution in [1.29, 1.82) is 0 Å². The van der Waals surface area contributed by atoms with E-state index in [1.807, 2.05) is 0 Å². The summed E-state index contributed by atoms with van der Waals surface area (Å²) < 4.78 is 18.0. The minimum absolute atomic E-state index is 0.115. The van der Waals surface area contributed by atoms with E-state index in [0.29, 0.717) is 6.04 Å². The standard InChI is InChI=1S/C8H14FNO/c9-7-2-1-3-8(7)10-6-4-11-5-6/h6-8,10H,1-5H2/t7-,8+/m1/s1. The van der Waals surface area contributed by atoms with Gasteiger partial charge in [0, 0.05) is 6.04 Å². The molecule has 1 N–H and O–H groups in total. The number of alkyl halides is 1. The quantitative estimate of drug-likeness (QED) is 0.645. The van der Waals surface area contributed by atoms with Crippen LogP contribution in [0.2, 0.25) is 0 Å². The Kier molecular flexibility index (Phi) is 2.09. The molecule has 1 aliphatic heterocycles. The highest BCUT2D eigenvalue weighted by Crippen LogP contribution is 2.22. The highest BCUT2D eigenvalue weighted by atomic mass is 19.1. The minimum Gasteiger partial charge on any atom is -0.378 e. The predicted molar refractivity (Wildman–Crippen MR) is 40.3 cm³/mol. The van der Waals surface area contributed by atoms with Crippen LogP contribution in [-0.4, -0.2) is 31.5 Å². The summed E-state index contributed by atoms with van der Waals surface area (Å²) in [6.45, 7) is 1.53. The van der Waals surface area contributed by atoms with E-state index < -0.39 is 6.17 Å². The maximum absolute atomic E-state index is 13.0. The number of halogens is 1. The van der Waals surface area contributed by atoms with Crippen molar-refractivity contribution in [2.24, 2.45) is 0 Å². The first-order chi connectivity index (χ1) is 5.36. The van der Waals surface area contributed by atoms with Gasteiger partial charge in [-0.3, -0.25) is 0 Å². The molecule has 3 heteroatoms. The van der Waals surface area contributed by atoms with Crippen molar-refractivity contribution in [2.45, 2.75) is 37.5 Å². The zero-order chi connectivity index (χ0) is 7.68. The second kappa shape index (κ2) is 3.07. The van der Waals surface area contributed by atoms with Gasteiger partial charge in [-0.05, 0) is 19.3 Å². The van der Waals surface area contributed by atoms with Gasteiger partial charge in [-0.25, -0.2) is 4.39 Å². The molecule has 0 aromatic heterocycles. The van der Waals surface area contributed by atoms with E-state index in [2.05, 4.69) is 5.32 Å². The van der Waals surface area contributed by atoms with Crippen LogP contribution >= 0.6 is 0 Å². The molecule has 1 aliphatic carbocycles. The van der Waals surface area contributed by atoms with Gasteiger partial charge in [0.25, 0.3) is 0 Å². The number of nitrogens with one attached hydrogen (secondary N) is 1. The Bertz CT molecular complexity index is 138. The Balaban J connectivity index is 1.75. The molecular weight excluding hydrogens is 145 g/mol. The highest BCUT2D eigenvalue weighted by Gasteiger charge is 2.30. The molecule has 64 valence electrons. The molecule has 1 heterocycles. The van der Waals surface area contributed by atoms with Crippen molar-refractivity contribution in [3.8, 4) is 0 Å². The van der Waals surface area contributed by atoms with Crippen LogP contribution in [-0.2, 0) is 4.74 Å². The number of hydrogen-bond acceptors (Lipinski definition) is 2. The molecule has 0 radical (unpaired) electrons. The van der Waals surface area contributed by atoms with E-state index in [0.717, 1.165) is 32.5 Å². The lowest BCUT2D eigenvalue weighted by atomic mass is 10.1. The molecule has 11 heavy (non-hydrogen) atoms. The molecule has 1 saturated carbocycles. The van der Waals surface area contributed by atoms with Crippen molar-refractivity contribution < 1.29 is 9.13 Å². The second-order valence-corrected chi connectivity index (χ2v) is 3.45. The van der Waals surface area contributed by atoms with Gasteiger partial charge in [0.15, 0.2) is 0 Å². The lowest BCUT2D eigenvalue weighted by Gasteiger charge is -2.30.